The lowest BCUT2D eigenvalue weighted by Gasteiger charge is -2.33. The van der Waals surface area contributed by atoms with Crippen molar-refractivity contribution in [3.63, 3.8) is 0 Å². The van der Waals surface area contributed by atoms with Gasteiger partial charge in [-0.3, -0.25) is 14.6 Å². The van der Waals surface area contributed by atoms with E-state index in [4.69, 9.17) is 14.2 Å². The number of carbonyl (C=O) groups is 1. The van der Waals surface area contributed by atoms with E-state index in [2.05, 4.69) is 9.80 Å². The second kappa shape index (κ2) is 13.9. The summed E-state index contributed by atoms with van der Waals surface area (Å²) < 4.78 is 30.1. The van der Waals surface area contributed by atoms with Crippen molar-refractivity contribution in [1.82, 2.24) is 14.7 Å². The fourth-order valence-electron chi connectivity index (χ4n) is 5.07. The molecule has 1 N–H and O–H groups in total. The number of piperidine rings is 1. The molecule has 1 atom stereocenters. The predicted molar refractivity (Wildman–Crippen MR) is 143 cm³/mol. The number of aliphatic hydroxyl groups is 1. The number of amides is 1. The van der Waals surface area contributed by atoms with Gasteiger partial charge in [0.1, 0.15) is 42.7 Å². The molecule has 0 aliphatic carbocycles. The van der Waals surface area contributed by atoms with E-state index in [9.17, 15) is 14.3 Å². The second-order valence-corrected chi connectivity index (χ2v) is 10.3. The normalized spacial score (nSPS) is 21.2. The molecule has 1 amide bonds. The molecule has 9 heteroatoms. The maximum atomic E-state index is 13.3. The Kier molecular flexibility index (Phi) is 10.3. The van der Waals surface area contributed by atoms with Crippen molar-refractivity contribution in [2.24, 2.45) is 0 Å². The van der Waals surface area contributed by atoms with Gasteiger partial charge in [0, 0.05) is 39.8 Å². The first-order chi connectivity index (χ1) is 18.4. The molecule has 0 bridgehead atoms. The van der Waals surface area contributed by atoms with E-state index in [0.717, 1.165) is 30.9 Å². The molecular weight excluding hydrogens is 489 g/mol. The molecule has 0 spiro atoms. The van der Waals surface area contributed by atoms with Crippen LogP contribution in [0.4, 0.5) is 4.39 Å². The summed E-state index contributed by atoms with van der Waals surface area (Å²) in [5.41, 5.74) is -0.224. The summed E-state index contributed by atoms with van der Waals surface area (Å²) in [6.45, 7) is 5.99. The van der Waals surface area contributed by atoms with E-state index in [0.29, 0.717) is 38.5 Å². The van der Waals surface area contributed by atoms with Crippen molar-refractivity contribution in [2.75, 3.05) is 72.7 Å². The molecular formula is C29H40FN3O5. The van der Waals surface area contributed by atoms with Crippen LogP contribution < -0.4 is 9.47 Å². The molecule has 2 aliphatic rings. The average Bonchev–Trinajstić information content (AvgIpc) is 3.09. The van der Waals surface area contributed by atoms with Gasteiger partial charge in [-0.15, -0.1) is 0 Å². The van der Waals surface area contributed by atoms with Gasteiger partial charge in [-0.05, 0) is 67.9 Å². The molecule has 0 radical (unpaired) electrons. The zero-order chi connectivity index (χ0) is 26.8. The van der Waals surface area contributed by atoms with Gasteiger partial charge in [0.05, 0.1) is 6.54 Å². The number of ether oxygens (including phenoxy) is 3. The van der Waals surface area contributed by atoms with Crippen LogP contribution in [0.2, 0.25) is 0 Å². The summed E-state index contributed by atoms with van der Waals surface area (Å²) in [6.07, 6.45) is 3.88. The number of rotatable bonds is 11. The Labute approximate surface area is 224 Å². The molecule has 8 nitrogen and oxygen atoms in total. The molecule has 0 aromatic heterocycles. The topological polar surface area (TPSA) is 74.7 Å². The van der Waals surface area contributed by atoms with Crippen LogP contribution in [0, 0.1) is 5.82 Å². The highest BCUT2D eigenvalue weighted by Crippen LogP contribution is 2.21. The zero-order valence-corrected chi connectivity index (χ0v) is 22.3. The van der Waals surface area contributed by atoms with E-state index in [1.54, 1.807) is 4.90 Å². The van der Waals surface area contributed by atoms with Crippen molar-refractivity contribution in [1.29, 1.82) is 0 Å². The van der Waals surface area contributed by atoms with Gasteiger partial charge in [-0.1, -0.05) is 18.6 Å². The largest absolute Gasteiger partial charge is 0.492 e. The maximum absolute atomic E-state index is 13.3. The Morgan fingerprint density at radius 1 is 0.895 bits per heavy atom. The number of likely N-dealkylation sites (tertiary alicyclic amines) is 1. The molecule has 208 valence electrons. The summed E-state index contributed by atoms with van der Waals surface area (Å²) in [6, 6.07) is 13.7. The van der Waals surface area contributed by atoms with Gasteiger partial charge in [0.25, 0.3) is 0 Å². The highest BCUT2D eigenvalue weighted by atomic mass is 19.1. The number of halogens is 1. The van der Waals surface area contributed by atoms with E-state index >= 15 is 0 Å². The molecule has 4 rings (SSSR count). The van der Waals surface area contributed by atoms with Crippen molar-refractivity contribution >= 4 is 5.91 Å². The molecule has 38 heavy (non-hydrogen) atoms. The lowest BCUT2D eigenvalue weighted by Crippen LogP contribution is -2.52. The van der Waals surface area contributed by atoms with E-state index < -0.39 is 5.60 Å². The summed E-state index contributed by atoms with van der Waals surface area (Å²) in [5, 5.41) is 11.6. The van der Waals surface area contributed by atoms with Crippen LogP contribution in [-0.4, -0.2) is 104 Å². The number of hydrogen-bond donors (Lipinski definition) is 1. The van der Waals surface area contributed by atoms with Crippen LogP contribution in [-0.2, 0) is 16.1 Å². The third-order valence-corrected chi connectivity index (χ3v) is 7.09. The Balaban J connectivity index is 1.35. The highest BCUT2D eigenvalue weighted by Gasteiger charge is 2.37. The quantitative estimate of drug-likeness (QED) is 0.480. The Morgan fingerprint density at radius 3 is 2.29 bits per heavy atom. The monoisotopic (exact) mass is 529 g/mol. The molecule has 2 saturated heterocycles. The van der Waals surface area contributed by atoms with Crippen LogP contribution in [0.25, 0.3) is 0 Å². The number of carbonyl (C=O) groups excluding carboxylic acids is 1. The standard InChI is InChI=1S/C29H40FN3O5/c1-36-20-28(34)33-16-15-32(21-29(35,22-33)23-38-27-11-7-25(30)8-12-27)19-24-5-9-26(10-6-24)37-18-17-31-13-3-2-4-14-31/h5-12,35H,2-4,13-23H2,1H3. The molecule has 1 unspecified atom stereocenters. The van der Waals surface area contributed by atoms with Gasteiger partial charge in [0.15, 0.2) is 0 Å². The summed E-state index contributed by atoms with van der Waals surface area (Å²) in [5.74, 6) is 0.774. The Hall–Kier alpha value is -2.72. The fraction of sp³-hybridized carbons (Fsp3) is 0.552. The van der Waals surface area contributed by atoms with Gasteiger partial charge in [-0.2, -0.15) is 0 Å². The van der Waals surface area contributed by atoms with Gasteiger partial charge in [0.2, 0.25) is 5.91 Å². The predicted octanol–water partition coefficient (Wildman–Crippen LogP) is 2.79. The first kappa shape index (κ1) is 28.3. The minimum absolute atomic E-state index is 0.0321. The molecule has 2 aromatic rings. The minimum atomic E-state index is -1.31. The van der Waals surface area contributed by atoms with Crippen LogP contribution in [0.3, 0.4) is 0 Å². The first-order valence-electron chi connectivity index (χ1n) is 13.5. The maximum Gasteiger partial charge on any atom is 0.248 e. The number of methoxy groups -OCH3 is 1. The minimum Gasteiger partial charge on any atom is -0.492 e. The van der Waals surface area contributed by atoms with Crippen molar-refractivity contribution < 1.29 is 28.5 Å². The van der Waals surface area contributed by atoms with E-state index in [1.807, 2.05) is 24.3 Å². The van der Waals surface area contributed by atoms with Crippen LogP contribution in [0.15, 0.2) is 48.5 Å². The summed E-state index contributed by atoms with van der Waals surface area (Å²) in [7, 11) is 1.48. The lowest BCUT2D eigenvalue weighted by atomic mass is 10.0. The van der Waals surface area contributed by atoms with Crippen LogP contribution in [0.1, 0.15) is 24.8 Å². The fourth-order valence-corrected chi connectivity index (χ4v) is 5.07. The number of β-amino-alcohol motifs (C(OH)–C–C–N with tert-alkyl or cyclic N) is 1. The van der Waals surface area contributed by atoms with Crippen LogP contribution in [0.5, 0.6) is 11.5 Å². The summed E-state index contributed by atoms with van der Waals surface area (Å²) in [4.78, 5) is 18.8. The third kappa shape index (κ3) is 8.66. The van der Waals surface area contributed by atoms with E-state index in [-0.39, 0.29) is 31.5 Å². The molecule has 0 saturated carbocycles. The first-order valence-corrected chi connectivity index (χ1v) is 13.5. The number of nitrogens with zero attached hydrogens (tertiary/aromatic N) is 3. The second-order valence-electron chi connectivity index (χ2n) is 10.3. The van der Waals surface area contributed by atoms with Gasteiger partial charge in [-0.25, -0.2) is 4.39 Å². The Morgan fingerprint density at radius 2 is 1.58 bits per heavy atom. The zero-order valence-electron chi connectivity index (χ0n) is 22.3. The molecule has 2 aliphatic heterocycles. The van der Waals surface area contributed by atoms with Crippen LogP contribution >= 0.6 is 0 Å². The lowest BCUT2D eigenvalue weighted by molar-refractivity contribution is -0.138. The van der Waals surface area contributed by atoms with Crippen molar-refractivity contribution in [3.05, 3.63) is 59.9 Å². The molecule has 2 fully saturated rings. The summed E-state index contributed by atoms with van der Waals surface area (Å²) >= 11 is 0. The third-order valence-electron chi connectivity index (χ3n) is 7.09. The average molecular weight is 530 g/mol. The van der Waals surface area contributed by atoms with Crippen molar-refractivity contribution in [3.8, 4) is 11.5 Å². The van der Waals surface area contributed by atoms with Gasteiger partial charge >= 0.3 is 0 Å². The molecule has 2 heterocycles. The highest BCUT2D eigenvalue weighted by molar-refractivity contribution is 5.77. The van der Waals surface area contributed by atoms with E-state index in [1.165, 1.54) is 50.6 Å². The number of benzene rings is 2. The molecule has 2 aromatic carbocycles. The smallest absolute Gasteiger partial charge is 0.248 e. The Bertz CT molecular complexity index is 1000. The van der Waals surface area contributed by atoms with Gasteiger partial charge < -0.3 is 24.2 Å². The van der Waals surface area contributed by atoms with Crippen molar-refractivity contribution in [2.45, 2.75) is 31.4 Å². The SMILES string of the molecule is COCC(=O)N1CCN(Cc2ccc(OCCN3CCCCC3)cc2)CC(O)(COc2ccc(F)cc2)C1. The number of hydrogen-bond acceptors (Lipinski definition) is 7.